The van der Waals surface area contributed by atoms with Crippen molar-refractivity contribution in [2.75, 3.05) is 20.3 Å². The number of pyridine rings is 1. The molecule has 0 saturated carbocycles. The van der Waals surface area contributed by atoms with E-state index in [1.807, 2.05) is 36.4 Å². The van der Waals surface area contributed by atoms with Gasteiger partial charge in [0.1, 0.15) is 11.1 Å². The van der Waals surface area contributed by atoms with Gasteiger partial charge in [0, 0.05) is 31.3 Å². The van der Waals surface area contributed by atoms with Crippen LogP contribution >= 0.6 is 11.8 Å². The van der Waals surface area contributed by atoms with Crippen molar-refractivity contribution in [1.29, 1.82) is 5.26 Å². The molecule has 0 aliphatic heterocycles. The van der Waals surface area contributed by atoms with E-state index in [-0.39, 0.29) is 0 Å². The Morgan fingerprint density at radius 3 is 2.95 bits per heavy atom. The molecule has 21 heavy (non-hydrogen) atoms. The molecule has 4 nitrogen and oxygen atoms in total. The molecular formula is C16H17N3OS. The summed E-state index contributed by atoms with van der Waals surface area (Å²) in [4.78, 5) is 5.20. The Kier molecular flexibility index (Phi) is 6.22. The summed E-state index contributed by atoms with van der Waals surface area (Å²) in [5.74, 6) is 0. The molecule has 0 fully saturated rings. The molecule has 0 unspecified atom stereocenters. The Morgan fingerprint density at radius 2 is 2.24 bits per heavy atom. The van der Waals surface area contributed by atoms with Gasteiger partial charge in [0.05, 0.1) is 12.2 Å². The molecule has 0 bridgehead atoms. The SMILES string of the molecule is COCCNCc1ccc(Sc2ccccn2)c(C#N)c1. The number of benzene rings is 1. The average Bonchev–Trinajstić information content (AvgIpc) is 2.53. The van der Waals surface area contributed by atoms with E-state index >= 15 is 0 Å². The monoisotopic (exact) mass is 299 g/mol. The highest BCUT2D eigenvalue weighted by Gasteiger charge is 2.06. The lowest BCUT2D eigenvalue weighted by Crippen LogP contribution is -2.18. The molecule has 1 aromatic heterocycles. The minimum atomic E-state index is 0.677. The maximum Gasteiger partial charge on any atom is 0.101 e. The molecule has 1 heterocycles. The summed E-state index contributed by atoms with van der Waals surface area (Å²) in [7, 11) is 1.68. The first-order valence-corrected chi connectivity index (χ1v) is 7.46. The summed E-state index contributed by atoms with van der Waals surface area (Å²) in [6.45, 7) is 2.20. The molecule has 2 rings (SSSR count). The molecule has 108 valence electrons. The highest BCUT2D eigenvalue weighted by molar-refractivity contribution is 7.99. The Labute approximate surface area is 129 Å². The van der Waals surface area contributed by atoms with Gasteiger partial charge in [-0.15, -0.1) is 0 Å². The number of nitrogens with one attached hydrogen (secondary N) is 1. The van der Waals surface area contributed by atoms with Crippen molar-refractivity contribution in [2.24, 2.45) is 0 Å². The topological polar surface area (TPSA) is 57.9 Å². The van der Waals surface area contributed by atoms with Gasteiger partial charge in [0.25, 0.3) is 0 Å². The first-order valence-electron chi connectivity index (χ1n) is 6.65. The van der Waals surface area contributed by atoms with Crippen LogP contribution in [-0.4, -0.2) is 25.2 Å². The number of hydrogen-bond acceptors (Lipinski definition) is 5. The molecule has 0 spiro atoms. The Bertz CT molecular complexity index is 611. The van der Waals surface area contributed by atoms with Crippen LogP contribution in [0.1, 0.15) is 11.1 Å². The van der Waals surface area contributed by atoms with Crippen LogP contribution in [0.15, 0.2) is 52.5 Å². The zero-order valence-electron chi connectivity index (χ0n) is 11.9. The lowest BCUT2D eigenvalue weighted by atomic mass is 10.1. The normalized spacial score (nSPS) is 10.3. The van der Waals surface area contributed by atoms with Gasteiger partial charge in [-0.25, -0.2) is 4.98 Å². The molecule has 1 aromatic carbocycles. The van der Waals surface area contributed by atoms with E-state index in [2.05, 4.69) is 16.4 Å². The summed E-state index contributed by atoms with van der Waals surface area (Å²) in [5.41, 5.74) is 1.77. The first-order chi connectivity index (χ1) is 10.3. The van der Waals surface area contributed by atoms with Crippen molar-refractivity contribution >= 4 is 11.8 Å². The van der Waals surface area contributed by atoms with Gasteiger partial charge in [-0.2, -0.15) is 5.26 Å². The molecule has 0 aliphatic rings. The molecule has 1 N–H and O–H groups in total. The fourth-order valence-electron chi connectivity index (χ4n) is 1.79. The number of aromatic nitrogens is 1. The number of hydrogen-bond donors (Lipinski definition) is 1. The minimum Gasteiger partial charge on any atom is -0.383 e. The highest BCUT2D eigenvalue weighted by Crippen LogP contribution is 2.29. The largest absolute Gasteiger partial charge is 0.383 e. The third-order valence-corrected chi connectivity index (χ3v) is 3.86. The van der Waals surface area contributed by atoms with Crippen LogP contribution in [0.2, 0.25) is 0 Å². The lowest BCUT2D eigenvalue weighted by Gasteiger charge is -2.07. The van der Waals surface area contributed by atoms with Gasteiger partial charge in [-0.05, 0) is 29.8 Å². The fourth-order valence-corrected chi connectivity index (χ4v) is 2.63. The second-order valence-electron chi connectivity index (χ2n) is 4.38. The quantitative estimate of drug-likeness (QED) is 0.797. The minimum absolute atomic E-state index is 0.677. The summed E-state index contributed by atoms with van der Waals surface area (Å²) in [6.07, 6.45) is 1.75. The predicted molar refractivity (Wildman–Crippen MR) is 83.1 cm³/mol. The van der Waals surface area contributed by atoms with E-state index in [0.717, 1.165) is 28.6 Å². The smallest absolute Gasteiger partial charge is 0.101 e. The van der Waals surface area contributed by atoms with E-state index in [4.69, 9.17) is 4.74 Å². The van der Waals surface area contributed by atoms with Crippen molar-refractivity contribution in [1.82, 2.24) is 10.3 Å². The highest BCUT2D eigenvalue weighted by atomic mass is 32.2. The number of rotatable bonds is 7. The molecule has 2 aromatic rings. The van der Waals surface area contributed by atoms with E-state index < -0.39 is 0 Å². The fraction of sp³-hybridized carbons (Fsp3) is 0.250. The maximum atomic E-state index is 9.31. The van der Waals surface area contributed by atoms with Crippen molar-refractivity contribution in [3.8, 4) is 6.07 Å². The van der Waals surface area contributed by atoms with Crippen molar-refractivity contribution in [2.45, 2.75) is 16.5 Å². The second kappa shape index (κ2) is 8.42. The maximum absolute atomic E-state index is 9.31. The Balaban J connectivity index is 2.05. The van der Waals surface area contributed by atoms with Gasteiger partial charge in [-0.1, -0.05) is 23.9 Å². The van der Waals surface area contributed by atoms with Crippen molar-refractivity contribution in [3.05, 3.63) is 53.7 Å². The van der Waals surface area contributed by atoms with E-state index in [1.54, 1.807) is 13.3 Å². The summed E-state index contributed by atoms with van der Waals surface area (Å²) < 4.78 is 4.99. The van der Waals surface area contributed by atoms with Crippen LogP contribution in [0, 0.1) is 11.3 Å². The summed E-state index contributed by atoms with van der Waals surface area (Å²) in [5, 5.41) is 13.5. The van der Waals surface area contributed by atoms with Crippen molar-refractivity contribution < 1.29 is 4.74 Å². The molecule has 5 heteroatoms. The predicted octanol–water partition coefficient (Wildman–Crippen LogP) is 2.84. The van der Waals surface area contributed by atoms with Crippen LogP contribution in [0.5, 0.6) is 0 Å². The first kappa shape index (κ1) is 15.5. The third-order valence-electron chi connectivity index (χ3n) is 2.83. The number of nitrogens with zero attached hydrogens (tertiary/aromatic N) is 2. The van der Waals surface area contributed by atoms with Crippen LogP contribution in [0.4, 0.5) is 0 Å². The van der Waals surface area contributed by atoms with Gasteiger partial charge in [-0.3, -0.25) is 0 Å². The zero-order valence-corrected chi connectivity index (χ0v) is 12.7. The van der Waals surface area contributed by atoms with Crippen LogP contribution in [0.25, 0.3) is 0 Å². The van der Waals surface area contributed by atoms with Gasteiger partial charge >= 0.3 is 0 Å². The third kappa shape index (κ3) is 4.87. The lowest BCUT2D eigenvalue weighted by molar-refractivity contribution is 0.199. The summed E-state index contributed by atoms with van der Waals surface area (Å²) in [6, 6.07) is 13.9. The van der Waals surface area contributed by atoms with Crippen molar-refractivity contribution in [3.63, 3.8) is 0 Å². The number of ether oxygens (including phenoxy) is 1. The molecule has 0 aliphatic carbocycles. The number of methoxy groups -OCH3 is 1. The van der Waals surface area contributed by atoms with E-state index in [1.165, 1.54) is 11.8 Å². The van der Waals surface area contributed by atoms with E-state index in [0.29, 0.717) is 12.2 Å². The Hall–Kier alpha value is -1.87. The van der Waals surface area contributed by atoms with E-state index in [9.17, 15) is 5.26 Å². The Morgan fingerprint density at radius 1 is 1.33 bits per heavy atom. The van der Waals surface area contributed by atoms with Gasteiger partial charge < -0.3 is 10.1 Å². The van der Waals surface area contributed by atoms with Gasteiger partial charge in [0.15, 0.2) is 0 Å². The zero-order chi connectivity index (χ0) is 14.9. The molecular weight excluding hydrogens is 282 g/mol. The molecule has 0 radical (unpaired) electrons. The van der Waals surface area contributed by atoms with Crippen LogP contribution in [-0.2, 0) is 11.3 Å². The summed E-state index contributed by atoms with van der Waals surface area (Å²) >= 11 is 1.51. The molecule has 0 saturated heterocycles. The molecule has 0 atom stereocenters. The standard InChI is InChI=1S/C16H17N3OS/c1-20-9-8-18-12-13-5-6-15(14(10-13)11-17)21-16-4-2-3-7-19-16/h2-7,10,18H,8-9,12H2,1H3. The second-order valence-corrected chi connectivity index (χ2v) is 5.44. The van der Waals surface area contributed by atoms with Crippen LogP contribution < -0.4 is 5.32 Å². The molecule has 0 amide bonds. The van der Waals surface area contributed by atoms with Gasteiger partial charge in [0.2, 0.25) is 0 Å². The number of nitriles is 1. The van der Waals surface area contributed by atoms with Crippen LogP contribution in [0.3, 0.4) is 0 Å². The average molecular weight is 299 g/mol.